The Morgan fingerprint density at radius 2 is 2.25 bits per heavy atom. The van der Waals surface area contributed by atoms with E-state index in [9.17, 15) is 0 Å². The first-order valence-corrected chi connectivity index (χ1v) is 6.21. The van der Waals surface area contributed by atoms with Crippen molar-refractivity contribution in [2.45, 2.75) is 26.3 Å². The molecule has 3 nitrogen and oxygen atoms in total. The van der Waals surface area contributed by atoms with E-state index in [2.05, 4.69) is 40.1 Å². The molecule has 0 aliphatic carbocycles. The van der Waals surface area contributed by atoms with Gasteiger partial charge in [0.2, 0.25) is 0 Å². The lowest BCUT2D eigenvalue weighted by Crippen LogP contribution is -2.37. The number of hydrogen-bond donors (Lipinski definition) is 2. The second kappa shape index (κ2) is 9.89. The summed E-state index contributed by atoms with van der Waals surface area (Å²) in [7, 11) is 1.80. The molecule has 1 rings (SSSR count). The molecule has 0 amide bonds. The van der Waals surface area contributed by atoms with Gasteiger partial charge in [-0.15, -0.1) is 35.3 Å². The van der Waals surface area contributed by atoms with Crippen molar-refractivity contribution >= 4 is 41.3 Å². The van der Waals surface area contributed by atoms with Gasteiger partial charge in [0.15, 0.2) is 5.96 Å². The predicted octanol–water partition coefficient (Wildman–Crippen LogP) is 2.83. The molecule has 2 N–H and O–H groups in total. The van der Waals surface area contributed by atoms with Gasteiger partial charge in [0, 0.05) is 18.5 Å². The minimum Gasteiger partial charge on any atom is -0.356 e. The minimum atomic E-state index is 0. The highest BCUT2D eigenvalue weighted by molar-refractivity contribution is 14.0. The zero-order valence-electron chi connectivity index (χ0n) is 9.82. The van der Waals surface area contributed by atoms with Gasteiger partial charge in [-0.05, 0) is 17.9 Å². The van der Waals surface area contributed by atoms with Gasteiger partial charge >= 0.3 is 0 Å². The van der Waals surface area contributed by atoms with Crippen LogP contribution in [0, 0.1) is 0 Å². The second-order valence-corrected chi connectivity index (χ2v) is 4.32. The first kappa shape index (κ1) is 15.7. The van der Waals surface area contributed by atoms with Crippen molar-refractivity contribution in [1.82, 2.24) is 10.6 Å². The van der Waals surface area contributed by atoms with Crippen molar-refractivity contribution in [3.63, 3.8) is 0 Å². The fourth-order valence-electron chi connectivity index (χ4n) is 1.19. The van der Waals surface area contributed by atoms with Crippen LogP contribution in [-0.4, -0.2) is 19.6 Å². The summed E-state index contributed by atoms with van der Waals surface area (Å²) in [6.07, 6.45) is 2.38. The molecular formula is C11H20IN3S. The summed E-state index contributed by atoms with van der Waals surface area (Å²) in [5.74, 6) is 0.886. The van der Waals surface area contributed by atoms with Gasteiger partial charge in [0.25, 0.3) is 0 Å². The van der Waals surface area contributed by atoms with Gasteiger partial charge in [-0.25, -0.2) is 0 Å². The zero-order valence-corrected chi connectivity index (χ0v) is 13.0. The van der Waals surface area contributed by atoms with Crippen LogP contribution in [0.1, 0.15) is 24.6 Å². The summed E-state index contributed by atoms with van der Waals surface area (Å²) >= 11 is 1.76. The number of nitrogens with one attached hydrogen (secondary N) is 2. The molecular weight excluding hydrogens is 333 g/mol. The molecule has 0 saturated heterocycles. The van der Waals surface area contributed by atoms with Gasteiger partial charge in [-0.3, -0.25) is 4.99 Å². The summed E-state index contributed by atoms with van der Waals surface area (Å²) in [4.78, 5) is 5.49. The second-order valence-electron chi connectivity index (χ2n) is 3.29. The SMILES string of the molecule is CCCCNC(=NC)NCc1cccs1.I. The summed E-state index contributed by atoms with van der Waals surface area (Å²) < 4.78 is 0. The summed E-state index contributed by atoms with van der Waals surface area (Å²) in [6, 6.07) is 4.19. The fourth-order valence-corrected chi connectivity index (χ4v) is 1.83. The van der Waals surface area contributed by atoms with Crippen LogP contribution in [0.3, 0.4) is 0 Å². The Hall–Kier alpha value is -0.300. The van der Waals surface area contributed by atoms with E-state index in [1.165, 1.54) is 17.7 Å². The number of rotatable bonds is 5. The third kappa shape index (κ3) is 6.32. The number of unbranched alkanes of at least 4 members (excludes halogenated alkanes) is 1. The van der Waals surface area contributed by atoms with Crippen LogP contribution >= 0.6 is 35.3 Å². The molecule has 1 aromatic heterocycles. The van der Waals surface area contributed by atoms with Crippen molar-refractivity contribution in [2.75, 3.05) is 13.6 Å². The Bertz CT molecular complexity index is 285. The van der Waals surface area contributed by atoms with Gasteiger partial charge in [-0.2, -0.15) is 0 Å². The van der Waals surface area contributed by atoms with Gasteiger partial charge in [0.05, 0.1) is 6.54 Å². The molecule has 5 heteroatoms. The van der Waals surface area contributed by atoms with Crippen molar-refractivity contribution in [3.05, 3.63) is 22.4 Å². The van der Waals surface area contributed by atoms with Crippen LogP contribution in [0.5, 0.6) is 0 Å². The molecule has 0 aliphatic rings. The lowest BCUT2D eigenvalue weighted by molar-refractivity contribution is 0.730. The molecule has 0 spiro atoms. The fraction of sp³-hybridized carbons (Fsp3) is 0.545. The zero-order chi connectivity index (χ0) is 10.9. The highest BCUT2D eigenvalue weighted by atomic mass is 127. The number of nitrogens with zero attached hydrogens (tertiary/aromatic N) is 1. The van der Waals surface area contributed by atoms with E-state index >= 15 is 0 Å². The van der Waals surface area contributed by atoms with Crippen molar-refractivity contribution in [1.29, 1.82) is 0 Å². The van der Waals surface area contributed by atoms with Crippen LogP contribution in [-0.2, 0) is 6.54 Å². The van der Waals surface area contributed by atoms with E-state index in [1.807, 2.05) is 0 Å². The average Bonchev–Trinajstić information content (AvgIpc) is 2.76. The lowest BCUT2D eigenvalue weighted by Gasteiger charge is -2.10. The molecule has 1 heterocycles. The van der Waals surface area contributed by atoms with Gasteiger partial charge in [0.1, 0.15) is 0 Å². The third-order valence-corrected chi connectivity index (χ3v) is 2.93. The first-order chi connectivity index (χ1) is 7.36. The number of thiophene rings is 1. The van der Waals surface area contributed by atoms with E-state index in [4.69, 9.17) is 0 Å². The molecule has 0 atom stereocenters. The van der Waals surface area contributed by atoms with Crippen molar-refractivity contribution in [3.8, 4) is 0 Å². The summed E-state index contributed by atoms with van der Waals surface area (Å²) in [5, 5.41) is 8.64. The molecule has 0 unspecified atom stereocenters. The van der Waals surface area contributed by atoms with Gasteiger partial charge in [-0.1, -0.05) is 19.4 Å². The van der Waals surface area contributed by atoms with Crippen LogP contribution in [0.25, 0.3) is 0 Å². The number of guanidine groups is 1. The summed E-state index contributed by atoms with van der Waals surface area (Å²) in [6.45, 7) is 4.02. The Labute approximate surface area is 119 Å². The molecule has 0 saturated carbocycles. The van der Waals surface area contributed by atoms with Gasteiger partial charge < -0.3 is 10.6 Å². The molecule has 16 heavy (non-hydrogen) atoms. The lowest BCUT2D eigenvalue weighted by atomic mass is 10.3. The van der Waals surface area contributed by atoms with E-state index in [1.54, 1.807) is 18.4 Å². The third-order valence-electron chi connectivity index (χ3n) is 2.06. The first-order valence-electron chi connectivity index (χ1n) is 5.33. The Morgan fingerprint density at radius 3 is 2.81 bits per heavy atom. The molecule has 92 valence electrons. The van der Waals surface area contributed by atoms with Crippen LogP contribution in [0.2, 0.25) is 0 Å². The maximum Gasteiger partial charge on any atom is 0.191 e. The van der Waals surface area contributed by atoms with E-state index < -0.39 is 0 Å². The number of halogens is 1. The number of aliphatic imine (C=N–C) groups is 1. The van der Waals surface area contributed by atoms with Crippen LogP contribution in [0.15, 0.2) is 22.5 Å². The Kier molecular flexibility index (Phi) is 9.71. The minimum absolute atomic E-state index is 0. The molecule has 0 radical (unpaired) electrons. The maximum atomic E-state index is 4.16. The van der Waals surface area contributed by atoms with Crippen LogP contribution < -0.4 is 10.6 Å². The molecule has 0 aromatic carbocycles. The van der Waals surface area contributed by atoms with E-state index in [0.717, 1.165) is 19.0 Å². The number of hydrogen-bond acceptors (Lipinski definition) is 2. The Morgan fingerprint density at radius 1 is 1.44 bits per heavy atom. The predicted molar refractivity (Wildman–Crippen MR) is 82.8 cm³/mol. The van der Waals surface area contributed by atoms with Crippen molar-refractivity contribution < 1.29 is 0 Å². The standard InChI is InChI=1S/C11H19N3S.HI/c1-3-4-7-13-11(12-2)14-9-10-6-5-8-15-10;/h5-6,8H,3-4,7,9H2,1-2H3,(H2,12,13,14);1H. The van der Waals surface area contributed by atoms with E-state index in [0.29, 0.717) is 0 Å². The Balaban J connectivity index is 0.00000225. The quantitative estimate of drug-likeness (QED) is 0.370. The molecule has 0 fully saturated rings. The normalized spacial score (nSPS) is 10.8. The monoisotopic (exact) mass is 353 g/mol. The van der Waals surface area contributed by atoms with Crippen LogP contribution in [0.4, 0.5) is 0 Å². The summed E-state index contributed by atoms with van der Waals surface area (Å²) in [5.41, 5.74) is 0. The maximum absolute atomic E-state index is 4.16. The largest absolute Gasteiger partial charge is 0.356 e. The topological polar surface area (TPSA) is 36.4 Å². The smallest absolute Gasteiger partial charge is 0.191 e. The average molecular weight is 353 g/mol. The van der Waals surface area contributed by atoms with E-state index in [-0.39, 0.29) is 24.0 Å². The highest BCUT2D eigenvalue weighted by Crippen LogP contribution is 2.06. The highest BCUT2D eigenvalue weighted by Gasteiger charge is 1.97. The molecule has 0 aliphatic heterocycles. The van der Waals surface area contributed by atoms with Crippen molar-refractivity contribution in [2.24, 2.45) is 4.99 Å². The molecule has 0 bridgehead atoms. The molecule has 1 aromatic rings.